The van der Waals surface area contributed by atoms with Crippen LogP contribution in [0, 0.1) is 0 Å². The molecule has 0 spiro atoms. The lowest BCUT2D eigenvalue weighted by molar-refractivity contribution is 0.285. The average molecular weight is 152 g/mol. The van der Waals surface area contributed by atoms with Gasteiger partial charge in [-0.25, -0.2) is 5.10 Å². The Labute approximate surface area is 63.2 Å². The third-order valence-electron chi connectivity index (χ3n) is 1.75. The zero-order valence-corrected chi connectivity index (χ0v) is 5.96. The van der Waals surface area contributed by atoms with E-state index in [1.165, 1.54) is 0 Å². The Balaban J connectivity index is 2.58. The normalized spacial score (nSPS) is 15.3. The van der Waals surface area contributed by atoms with Crippen molar-refractivity contribution < 1.29 is 4.74 Å². The standard InChI is InChI=1S/C7H8N2O2/c10-7-5-2-1-3-11-6(5)4-8-9-7/h4H,1-3H2,(H,9,10). The number of fused-ring (bicyclic) bond motifs is 1. The highest BCUT2D eigenvalue weighted by Gasteiger charge is 2.12. The van der Waals surface area contributed by atoms with Gasteiger partial charge in [0.25, 0.3) is 5.56 Å². The molecule has 0 saturated heterocycles. The van der Waals surface area contributed by atoms with Crippen molar-refractivity contribution in [2.75, 3.05) is 6.61 Å². The summed E-state index contributed by atoms with van der Waals surface area (Å²) in [6.45, 7) is 0.693. The van der Waals surface area contributed by atoms with Gasteiger partial charge in [0.2, 0.25) is 0 Å². The lowest BCUT2D eigenvalue weighted by Gasteiger charge is -2.14. The Bertz CT molecular complexity index is 318. The first kappa shape index (κ1) is 6.39. The average Bonchev–Trinajstić information content (AvgIpc) is 2.06. The number of hydrogen-bond donors (Lipinski definition) is 1. The molecule has 2 heterocycles. The molecule has 2 rings (SSSR count). The summed E-state index contributed by atoms with van der Waals surface area (Å²) in [6.07, 6.45) is 3.27. The number of rotatable bonds is 0. The smallest absolute Gasteiger partial charge is 0.271 e. The number of aromatic amines is 1. The Hall–Kier alpha value is -1.32. The third-order valence-corrected chi connectivity index (χ3v) is 1.75. The second-order valence-electron chi connectivity index (χ2n) is 2.49. The largest absolute Gasteiger partial charge is 0.491 e. The molecule has 1 aliphatic rings. The van der Waals surface area contributed by atoms with E-state index in [2.05, 4.69) is 10.2 Å². The molecule has 0 unspecified atom stereocenters. The van der Waals surface area contributed by atoms with Crippen molar-refractivity contribution in [3.63, 3.8) is 0 Å². The molecular formula is C7H8N2O2. The second-order valence-corrected chi connectivity index (χ2v) is 2.49. The number of hydrogen-bond acceptors (Lipinski definition) is 3. The van der Waals surface area contributed by atoms with Crippen LogP contribution >= 0.6 is 0 Å². The molecule has 0 atom stereocenters. The van der Waals surface area contributed by atoms with Gasteiger partial charge in [-0.2, -0.15) is 5.10 Å². The number of ether oxygens (including phenoxy) is 1. The number of H-pyrrole nitrogens is 1. The van der Waals surface area contributed by atoms with Gasteiger partial charge in [0, 0.05) is 0 Å². The Kier molecular flexibility index (Phi) is 1.38. The van der Waals surface area contributed by atoms with Crippen LogP contribution in [0.4, 0.5) is 0 Å². The van der Waals surface area contributed by atoms with Crippen LogP contribution in [0.25, 0.3) is 0 Å². The van der Waals surface area contributed by atoms with Crippen molar-refractivity contribution in [3.05, 3.63) is 22.1 Å². The summed E-state index contributed by atoms with van der Waals surface area (Å²) in [7, 11) is 0. The molecule has 0 radical (unpaired) electrons. The van der Waals surface area contributed by atoms with Gasteiger partial charge in [-0.3, -0.25) is 4.79 Å². The quantitative estimate of drug-likeness (QED) is 0.573. The minimum absolute atomic E-state index is 0.123. The second kappa shape index (κ2) is 2.38. The number of nitrogens with zero attached hydrogens (tertiary/aromatic N) is 1. The van der Waals surface area contributed by atoms with Crippen molar-refractivity contribution >= 4 is 0 Å². The van der Waals surface area contributed by atoms with Crippen molar-refractivity contribution in [3.8, 4) is 5.75 Å². The molecule has 0 aromatic carbocycles. The number of nitrogens with one attached hydrogen (secondary N) is 1. The maximum atomic E-state index is 11.1. The molecular weight excluding hydrogens is 144 g/mol. The molecule has 4 nitrogen and oxygen atoms in total. The highest BCUT2D eigenvalue weighted by Crippen LogP contribution is 2.18. The van der Waals surface area contributed by atoms with E-state index in [-0.39, 0.29) is 5.56 Å². The molecule has 1 aromatic rings. The van der Waals surface area contributed by atoms with Crippen molar-refractivity contribution in [1.82, 2.24) is 10.2 Å². The minimum Gasteiger partial charge on any atom is -0.491 e. The number of aromatic nitrogens is 2. The molecule has 0 amide bonds. The maximum Gasteiger partial charge on any atom is 0.271 e. The maximum absolute atomic E-state index is 11.1. The summed E-state index contributed by atoms with van der Waals surface area (Å²) in [5, 5.41) is 6.01. The highest BCUT2D eigenvalue weighted by molar-refractivity contribution is 5.29. The zero-order valence-electron chi connectivity index (χ0n) is 5.96. The summed E-state index contributed by atoms with van der Waals surface area (Å²) < 4.78 is 5.22. The van der Waals surface area contributed by atoms with E-state index in [0.29, 0.717) is 12.4 Å². The van der Waals surface area contributed by atoms with Gasteiger partial charge in [-0.1, -0.05) is 0 Å². The third kappa shape index (κ3) is 1.00. The molecule has 58 valence electrons. The van der Waals surface area contributed by atoms with Crippen LogP contribution < -0.4 is 10.3 Å². The zero-order chi connectivity index (χ0) is 7.68. The van der Waals surface area contributed by atoms with E-state index in [1.807, 2.05) is 0 Å². The van der Waals surface area contributed by atoms with Crippen LogP contribution in [-0.4, -0.2) is 16.8 Å². The minimum atomic E-state index is -0.123. The van der Waals surface area contributed by atoms with E-state index < -0.39 is 0 Å². The molecule has 1 aromatic heterocycles. The Morgan fingerprint density at radius 3 is 3.36 bits per heavy atom. The van der Waals surface area contributed by atoms with E-state index >= 15 is 0 Å². The molecule has 0 aliphatic carbocycles. The fraction of sp³-hybridized carbons (Fsp3) is 0.429. The monoisotopic (exact) mass is 152 g/mol. The van der Waals surface area contributed by atoms with Crippen LogP contribution in [0.5, 0.6) is 5.75 Å². The van der Waals surface area contributed by atoms with Gasteiger partial charge in [0.1, 0.15) is 5.75 Å². The molecule has 4 heteroatoms. The van der Waals surface area contributed by atoms with Gasteiger partial charge in [0.05, 0.1) is 18.4 Å². The van der Waals surface area contributed by atoms with E-state index in [1.54, 1.807) is 6.20 Å². The van der Waals surface area contributed by atoms with Crippen LogP contribution in [0.15, 0.2) is 11.0 Å². The first-order valence-corrected chi connectivity index (χ1v) is 3.57. The van der Waals surface area contributed by atoms with Gasteiger partial charge >= 0.3 is 0 Å². The van der Waals surface area contributed by atoms with Gasteiger partial charge in [0.15, 0.2) is 0 Å². The summed E-state index contributed by atoms with van der Waals surface area (Å²) in [5.74, 6) is 0.639. The van der Waals surface area contributed by atoms with Crippen LogP contribution in [0.1, 0.15) is 12.0 Å². The van der Waals surface area contributed by atoms with Gasteiger partial charge < -0.3 is 4.74 Å². The molecule has 11 heavy (non-hydrogen) atoms. The van der Waals surface area contributed by atoms with Crippen molar-refractivity contribution in [2.45, 2.75) is 12.8 Å². The first-order valence-electron chi connectivity index (χ1n) is 3.57. The highest BCUT2D eigenvalue weighted by atomic mass is 16.5. The summed E-state index contributed by atoms with van der Waals surface area (Å²) in [5.41, 5.74) is 0.605. The summed E-state index contributed by atoms with van der Waals surface area (Å²) in [4.78, 5) is 11.1. The fourth-order valence-electron chi connectivity index (χ4n) is 1.20. The first-order chi connectivity index (χ1) is 5.38. The topological polar surface area (TPSA) is 55.0 Å². The molecule has 0 bridgehead atoms. The molecule has 1 aliphatic heterocycles. The summed E-state index contributed by atoms with van der Waals surface area (Å²) in [6, 6.07) is 0. The molecule has 1 N–H and O–H groups in total. The van der Waals surface area contributed by atoms with Crippen molar-refractivity contribution in [1.29, 1.82) is 0 Å². The SMILES string of the molecule is O=c1[nH]ncc2c1CCCO2. The van der Waals surface area contributed by atoms with E-state index in [0.717, 1.165) is 18.4 Å². The fourth-order valence-corrected chi connectivity index (χ4v) is 1.20. The Morgan fingerprint density at radius 2 is 2.55 bits per heavy atom. The predicted molar refractivity (Wildman–Crippen MR) is 38.7 cm³/mol. The predicted octanol–water partition coefficient (Wildman–Crippen LogP) is 0.0949. The lowest BCUT2D eigenvalue weighted by atomic mass is 10.1. The lowest BCUT2D eigenvalue weighted by Crippen LogP contribution is -2.20. The summed E-state index contributed by atoms with van der Waals surface area (Å²) >= 11 is 0. The van der Waals surface area contributed by atoms with Gasteiger partial charge in [-0.05, 0) is 12.8 Å². The van der Waals surface area contributed by atoms with E-state index in [9.17, 15) is 4.79 Å². The molecule has 0 fully saturated rings. The van der Waals surface area contributed by atoms with Crippen molar-refractivity contribution in [2.24, 2.45) is 0 Å². The van der Waals surface area contributed by atoms with Crippen LogP contribution in [0.3, 0.4) is 0 Å². The molecule has 0 saturated carbocycles. The van der Waals surface area contributed by atoms with Crippen LogP contribution in [-0.2, 0) is 6.42 Å². The Morgan fingerprint density at radius 1 is 1.64 bits per heavy atom. The van der Waals surface area contributed by atoms with E-state index in [4.69, 9.17) is 4.74 Å². The van der Waals surface area contributed by atoms with Crippen LogP contribution in [0.2, 0.25) is 0 Å². The van der Waals surface area contributed by atoms with Gasteiger partial charge in [-0.15, -0.1) is 0 Å².